The molecule has 0 unspecified atom stereocenters. The van der Waals surface area contributed by atoms with E-state index in [2.05, 4.69) is 10.6 Å². The van der Waals surface area contributed by atoms with Crippen LogP contribution in [0.25, 0.3) is 0 Å². The molecule has 4 nitrogen and oxygen atoms in total. The maximum Gasteiger partial charge on any atom is 0.221 e. The average Bonchev–Trinajstić information content (AvgIpc) is 2.14. The van der Waals surface area contributed by atoms with Gasteiger partial charge in [-0.2, -0.15) is 0 Å². The molecular formula is C10H20N2O2. The van der Waals surface area contributed by atoms with Gasteiger partial charge < -0.3 is 15.4 Å². The fourth-order valence-electron chi connectivity index (χ4n) is 1.61. The summed E-state index contributed by atoms with van der Waals surface area (Å²) in [7, 11) is 3.56. The Morgan fingerprint density at radius 1 is 1.50 bits per heavy atom. The Morgan fingerprint density at radius 3 is 2.64 bits per heavy atom. The van der Waals surface area contributed by atoms with E-state index in [0.29, 0.717) is 13.0 Å². The summed E-state index contributed by atoms with van der Waals surface area (Å²) in [6.45, 7) is 1.39. The van der Waals surface area contributed by atoms with Crippen molar-refractivity contribution in [3.8, 4) is 0 Å². The van der Waals surface area contributed by atoms with Gasteiger partial charge in [-0.05, 0) is 26.3 Å². The number of ether oxygens (including phenoxy) is 1. The molecular weight excluding hydrogens is 180 g/mol. The van der Waals surface area contributed by atoms with Crippen LogP contribution in [0.3, 0.4) is 0 Å². The Morgan fingerprint density at radius 2 is 2.21 bits per heavy atom. The number of hydrogen-bond acceptors (Lipinski definition) is 3. The molecule has 0 bridgehead atoms. The first kappa shape index (κ1) is 11.5. The first-order valence-corrected chi connectivity index (χ1v) is 5.19. The first-order valence-electron chi connectivity index (χ1n) is 5.19. The Kier molecular flexibility index (Phi) is 4.35. The number of hydrogen-bond donors (Lipinski definition) is 2. The molecule has 82 valence electrons. The quantitative estimate of drug-likeness (QED) is 0.647. The van der Waals surface area contributed by atoms with Crippen LogP contribution in [-0.2, 0) is 9.53 Å². The predicted molar refractivity (Wildman–Crippen MR) is 55.1 cm³/mol. The second-order valence-electron chi connectivity index (χ2n) is 3.87. The highest BCUT2D eigenvalue weighted by atomic mass is 16.5. The maximum atomic E-state index is 11.3. The van der Waals surface area contributed by atoms with Crippen LogP contribution in [0.5, 0.6) is 0 Å². The second-order valence-corrected chi connectivity index (χ2v) is 3.87. The van der Waals surface area contributed by atoms with E-state index in [-0.39, 0.29) is 11.5 Å². The summed E-state index contributed by atoms with van der Waals surface area (Å²) in [6, 6.07) is 0. The van der Waals surface area contributed by atoms with Gasteiger partial charge in [0.15, 0.2) is 0 Å². The highest BCUT2D eigenvalue weighted by Gasteiger charge is 2.36. The molecule has 0 atom stereocenters. The van der Waals surface area contributed by atoms with Gasteiger partial charge in [-0.25, -0.2) is 0 Å². The Balaban J connectivity index is 2.15. The van der Waals surface area contributed by atoms with E-state index in [0.717, 1.165) is 19.4 Å². The fraction of sp³-hybridized carbons (Fsp3) is 0.900. The van der Waals surface area contributed by atoms with E-state index in [9.17, 15) is 4.79 Å². The normalized spacial score (nSPS) is 18.7. The van der Waals surface area contributed by atoms with E-state index >= 15 is 0 Å². The van der Waals surface area contributed by atoms with E-state index in [1.54, 1.807) is 7.11 Å². The largest absolute Gasteiger partial charge is 0.376 e. The monoisotopic (exact) mass is 200 g/mol. The predicted octanol–water partition coefficient (Wildman–Crippen LogP) is 0.281. The zero-order valence-corrected chi connectivity index (χ0v) is 9.06. The fourth-order valence-corrected chi connectivity index (χ4v) is 1.61. The van der Waals surface area contributed by atoms with Gasteiger partial charge in [-0.3, -0.25) is 4.79 Å². The van der Waals surface area contributed by atoms with Gasteiger partial charge in [-0.1, -0.05) is 0 Å². The molecule has 0 spiro atoms. The van der Waals surface area contributed by atoms with Gasteiger partial charge in [0, 0.05) is 26.6 Å². The molecule has 1 rings (SSSR count). The SMILES string of the molecule is CNCCC(=O)NCC1(OC)CCC1. The third kappa shape index (κ3) is 2.96. The van der Waals surface area contributed by atoms with Crippen molar-refractivity contribution in [2.75, 3.05) is 27.2 Å². The average molecular weight is 200 g/mol. The lowest BCUT2D eigenvalue weighted by Crippen LogP contribution is -2.49. The van der Waals surface area contributed by atoms with Gasteiger partial charge >= 0.3 is 0 Å². The van der Waals surface area contributed by atoms with Crippen molar-refractivity contribution in [2.24, 2.45) is 0 Å². The van der Waals surface area contributed by atoms with Crippen molar-refractivity contribution in [2.45, 2.75) is 31.3 Å². The number of carbonyl (C=O) groups is 1. The van der Waals surface area contributed by atoms with E-state index in [1.807, 2.05) is 7.05 Å². The number of nitrogens with one attached hydrogen (secondary N) is 2. The zero-order valence-electron chi connectivity index (χ0n) is 9.06. The third-order valence-corrected chi connectivity index (χ3v) is 2.91. The summed E-state index contributed by atoms with van der Waals surface area (Å²) in [5.41, 5.74) is -0.0602. The summed E-state index contributed by atoms with van der Waals surface area (Å²) in [5.74, 6) is 0.0997. The van der Waals surface area contributed by atoms with Gasteiger partial charge in [0.05, 0.1) is 5.60 Å². The van der Waals surface area contributed by atoms with Gasteiger partial charge in [0.1, 0.15) is 0 Å². The number of methoxy groups -OCH3 is 1. The van der Waals surface area contributed by atoms with Crippen LogP contribution in [0.2, 0.25) is 0 Å². The van der Waals surface area contributed by atoms with Gasteiger partial charge in [0.25, 0.3) is 0 Å². The summed E-state index contributed by atoms with van der Waals surface area (Å²) < 4.78 is 5.40. The third-order valence-electron chi connectivity index (χ3n) is 2.91. The number of rotatable bonds is 6. The molecule has 0 aromatic heterocycles. The minimum Gasteiger partial charge on any atom is -0.376 e. The first-order chi connectivity index (χ1) is 6.72. The van der Waals surface area contributed by atoms with E-state index in [4.69, 9.17) is 4.74 Å². The number of carbonyl (C=O) groups excluding carboxylic acids is 1. The molecule has 14 heavy (non-hydrogen) atoms. The van der Waals surface area contributed by atoms with Crippen LogP contribution < -0.4 is 10.6 Å². The Labute approximate surface area is 85.4 Å². The summed E-state index contributed by atoms with van der Waals surface area (Å²) in [6.07, 6.45) is 3.88. The molecule has 4 heteroatoms. The minimum absolute atomic E-state index is 0.0602. The summed E-state index contributed by atoms with van der Waals surface area (Å²) in [4.78, 5) is 11.3. The van der Waals surface area contributed by atoms with Crippen molar-refractivity contribution in [1.29, 1.82) is 0 Å². The van der Waals surface area contributed by atoms with Crippen molar-refractivity contribution < 1.29 is 9.53 Å². The van der Waals surface area contributed by atoms with E-state index in [1.165, 1.54) is 6.42 Å². The molecule has 2 N–H and O–H groups in total. The van der Waals surface area contributed by atoms with E-state index < -0.39 is 0 Å². The topological polar surface area (TPSA) is 50.4 Å². The lowest BCUT2D eigenvalue weighted by molar-refractivity contribution is -0.124. The summed E-state index contributed by atoms with van der Waals surface area (Å²) in [5, 5.41) is 5.85. The van der Waals surface area contributed by atoms with Crippen LogP contribution in [0.15, 0.2) is 0 Å². The van der Waals surface area contributed by atoms with Crippen LogP contribution in [0.4, 0.5) is 0 Å². The van der Waals surface area contributed by atoms with Gasteiger partial charge in [-0.15, -0.1) is 0 Å². The van der Waals surface area contributed by atoms with Crippen LogP contribution in [-0.4, -0.2) is 38.8 Å². The molecule has 0 aromatic carbocycles. The van der Waals surface area contributed by atoms with Crippen molar-refractivity contribution in [3.05, 3.63) is 0 Å². The highest BCUT2D eigenvalue weighted by molar-refractivity contribution is 5.76. The van der Waals surface area contributed by atoms with Gasteiger partial charge in [0.2, 0.25) is 5.91 Å². The molecule has 0 heterocycles. The van der Waals surface area contributed by atoms with Crippen molar-refractivity contribution >= 4 is 5.91 Å². The molecule has 1 aliphatic carbocycles. The Bertz CT molecular complexity index is 185. The lowest BCUT2D eigenvalue weighted by atomic mass is 9.80. The molecule has 1 amide bonds. The van der Waals surface area contributed by atoms with Crippen molar-refractivity contribution in [1.82, 2.24) is 10.6 Å². The highest BCUT2D eigenvalue weighted by Crippen LogP contribution is 2.34. The molecule has 0 radical (unpaired) electrons. The molecule has 0 aliphatic heterocycles. The smallest absolute Gasteiger partial charge is 0.221 e. The zero-order chi connectivity index (χ0) is 10.4. The molecule has 1 aliphatic rings. The minimum atomic E-state index is -0.0602. The van der Waals surface area contributed by atoms with Crippen molar-refractivity contribution in [3.63, 3.8) is 0 Å². The van der Waals surface area contributed by atoms with Crippen LogP contribution in [0, 0.1) is 0 Å². The summed E-state index contributed by atoms with van der Waals surface area (Å²) >= 11 is 0. The lowest BCUT2D eigenvalue weighted by Gasteiger charge is -2.40. The van der Waals surface area contributed by atoms with Crippen LogP contribution in [0.1, 0.15) is 25.7 Å². The van der Waals surface area contributed by atoms with Crippen LogP contribution >= 0.6 is 0 Å². The number of amides is 1. The second kappa shape index (κ2) is 5.32. The molecule has 0 saturated heterocycles. The Hall–Kier alpha value is -0.610. The molecule has 1 saturated carbocycles. The standard InChI is InChI=1S/C10H20N2O2/c1-11-7-4-9(13)12-8-10(14-2)5-3-6-10/h11H,3-8H2,1-2H3,(H,12,13). The maximum absolute atomic E-state index is 11.3. The molecule has 1 fully saturated rings. The molecule has 0 aromatic rings.